The highest BCUT2D eigenvalue weighted by Gasteiger charge is 2.25. The van der Waals surface area contributed by atoms with E-state index in [4.69, 9.17) is 20.4 Å². The Morgan fingerprint density at radius 1 is 0.360 bits per heavy atom. The van der Waals surface area contributed by atoms with Gasteiger partial charge in [0.1, 0.15) is 11.7 Å². The number of aliphatic imine (C=N–C) groups is 2. The Kier molecular flexibility index (Phi) is 22.3. The van der Waals surface area contributed by atoms with Gasteiger partial charge in [-0.1, -0.05) is 164 Å². The van der Waals surface area contributed by atoms with E-state index in [0.29, 0.717) is 21.5 Å². The molecule has 2 aliphatic rings. The van der Waals surface area contributed by atoms with E-state index >= 15 is 0 Å². The maximum atomic E-state index is 12.0. The van der Waals surface area contributed by atoms with Crippen LogP contribution in [0.4, 0.5) is 0 Å². The molecule has 0 fully saturated rings. The summed E-state index contributed by atoms with van der Waals surface area (Å²) in [6.07, 6.45) is 2.30. The number of rotatable bonds is 14. The molecular formula is C65H64N4O16S4. The van der Waals surface area contributed by atoms with E-state index in [1.807, 2.05) is 19.1 Å². The summed E-state index contributed by atoms with van der Waals surface area (Å²) in [5, 5.41) is 39.8. The zero-order valence-corrected chi connectivity index (χ0v) is 51.8. The quantitative estimate of drug-likeness (QED) is 0.0789. The molecule has 0 aliphatic carbocycles. The number of hydrogen-bond donors (Lipinski definition) is 4. The van der Waals surface area contributed by atoms with Crippen molar-refractivity contribution >= 4 is 118 Å². The predicted molar refractivity (Wildman–Crippen MR) is 343 cm³/mol. The summed E-state index contributed by atoms with van der Waals surface area (Å²) in [4.78, 5) is 56.3. The van der Waals surface area contributed by atoms with Gasteiger partial charge in [-0.05, 0) is 71.1 Å². The van der Waals surface area contributed by atoms with Crippen molar-refractivity contribution in [1.82, 2.24) is 9.80 Å². The third kappa shape index (κ3) is 17.7. The van der Waals surface area contributed by atoms with Gasteiger partial charge in [-0.15, -0.1) is 0 Å². The summed E-state index contributed by atoms with van der Waals surface area (Å²) in [7, 11) is -10.9. The van der Waals surface area contributed by atoms with Crippen LogP contribution in [0.3, 0.4) is 0 Å². The molecule has 20 nitrogen and oxygen atoms in total. The summed E-state index contributed by atoms with van der Waals surface area (Å²) in [6.45, 7) is 5.95. The zero-order valence-electron chi connectivity index (χ0n) is 48.6. The van der Waals surface area contributed by atoms with Crippen LogP contribution in [-0.2, 0) is 58.5 Å². The summed E-state index contributed by atoms with van der Waals surface area (Å²) >= 11 is 0. The van der Waals surface area contributed by atoms with E-state index < -0.39 is 86.2 Å². The molecule has 24 heteroatoms. The lowest BCUT2D eigenvalue weighted by Crippen LogP contribution is -2.33. The third-order valence-electron chi connectivity index (χ3n) is 13.9. The largest absolute Gasteiger partial charge is 0.480 e. The summed E-state index contributed by atoms with van der Waals surface area (Å²) in [6, 6.07) is 54.3. The molecule has 0 saturated heterocycles. The summed E-state index contributed by atoms with van der Waals surface area (Å²) < 4.78 is 95.2. The van der Waals surface area contributed by atoms with Gasteiger partial charge in [0.2, 0.25) is 0 Å². The van der Waals surface area contributed by atoms with Crippen LogP contribution in [0, 0.1) is 6.92 Å². The minimum absolute atomic E-state index is 0.0676. The van der Waals surface area contributed by atoms with Gasteiger partial charge in [-0.2, -0.15) is 0 Å². The second-order valence-corrected chi connectivity index (χ2v) is 28.3. The number of aliphatic carboxylic acids is 4. The first kappa shape index (κ1) is 67.2. The van der Waals surface area contributed by atoms with Crippen LogP contribution in [0.5, 0.6) is 0 Å². The fourth-order valence-electron chi connectivity index (χ4n) is 9.90. The van der Waals surface area contributed by atoms with Crippen molar-refractivity contribution in [1.29, 1.82) is 0 Å². The summed E-state index contributed by atoms with van der Waals surface area (Å²) in [5.74, 6) is -6.72. The topological polar surface area (TPSA) is 317 Å². The SMILES string of the molecule is CN1CCCN=C1c1ccc(C2=NCCCN2C)cc1.Cc1cccc2c(S(=O)(=O)CC(=O)O)cccc12.O=C(O)CS(=O)(=O)c1cccc2ccccc12.O=C(O)CS(=O)(=O)c1cccc2ccccc12.O=C(O)CS(=O)(=O)c1cccc2ccccc12. The van der Waals surface area contributed by atoms with E-state index in [0.717, 1.165) is 77.8 Å². The van der Waals surface area contributed by atoms with Crippen molar-refractivity contribution in [3.05, 3.63) is 205 Å². The van der Waals surface area contributed by atoms with E-state index in [2.05, 4.69) is 58.1 Å². The van der Waals surface area contributed by atoms with Gasteiger partial charge in [-0.25, -0.2) is 33.7 Å². The first-order chi connectivity index (χ1) is 42.2. The molecular weight excluding hydrogens is 1220 g/mol. The van der Waals surface area contributed by atoms with Crippen molar-refractivity contribution in [2.24, 2.45) is 9.98 Å². The van der Waals surface area contributed by atoms with Crippen molar-refractivity contribution in [2.75, 3.05) is 63.3 Å². The van der Waals surface area contributed by atoms with Crippen LogP contribution < -0.4 is 0 Å². The Morgan fingerprint density at radius 2 is 0.618 bits per heavy atom. The van der Waals surface area contributed by atoms with Crippen molar-refractivity contribution in [3.8, 4) is 0 Å². The van der Waals surface area contributed by atoms with Crippen LogP contribution in [-0.4, -0.2) is 163 Å². The number of aryl methyl sites for hydroxylation is 1. The minimum Gasteiger partial charge on any atom is -0.480 e. The third-order valence-corrected chi connectivity index (χ3v) is 20.5. The van der Waals surface area contributed by atoms with Crippen LogP contribution >= 0.6 is 0 Å². The maximum Gasteiger partial charge on any atom is 0.319 e. The number of carbonyl (C=O) groups is 4. The lowest BCUT2D eigenvalue weighted by Gasteiger charge is -2.27. The molecule has 464 valence electrons. The number of carboxylic acids is 4. The average molecular weight is 1290 g/mol. The molecule has 2 aliphatic heterocycles. The number of amidine groups is 2. The minimum atomic E-state index is -3.80. The van der Waals surface area contributed by atoms with Crippen molar-refractivity contribution in [3.63, 3.8) is 0 Å². The molecule has 4 N–H and O–H groups in total. The molecule has 9 aromatic carbocycles. The number of carboxylic acid groups (broad SMARTS) is 4. The number of sulfone groups is 4. The molecule has 0 unspecified atom stereocenters. The highest BCUT2D eigenvalue weighted by molar-refractivity contribution is 7.93. The Morgan fingerprint density at radius 3 is 0.933 bits per heavy atom. The second kappa shape index (κ2) is 29.6. The molecule has 9 aromatic rings. The Bertz CT molecular complexity index is 4300. The van der Waals surface area contributed by atoms with Crippen LogP contribution in [0.25, 0.3) is 43.1 Å². The molecule has 0 atom stereocenters. The molecule has 0 radical (unpaired) electrons. The van der Waals surface area contributed by atoms with Crippen LogP contribution in [0.2, 0.25) is 0 Å². The standard InChI is InChI=1S/C16H22N4.C13H12O4S.3C12H10O4S/c1-19-11-3-9-17-15(19)13-5-7-14(8-6-13)16-18-10-4-12-20(16)2;1-9-4-2-6-11-10(9)5-3-7-12(11)18(16,17)8-13(14)15;3*13-12(14)8-17(15,16)11-7-3-5-9-4-1-2-6-10(9)11/h5-8H,3-4,9-12H2,1-2H3;2-7H,8H2,1H3,(H,14,15);3*1-7H,8H2,(H,13,14). The normalized spacial score (nSPS) is 13.4. The zero-order chi connectivity index (χ0) is 64.7. The van der Waals surface area contributed by atoms with E-state index in [9.17, 15) is 52.8 Å². The molecule has 0 saturated carbocycles. The fraction of sp³-hybridized carbons (Fsp3) is 0.200. The average Bonchev–Trinajstić information content (AvgIpc) is 3.10. The molecule has 0 spiro atoms. The van der Waals surface area contributed by atoms with E-state index in [1.54, 1.807) is 127 Å². The Labute approximate surface area is 515 Å². The molecule has 11 rings (SSSR count). The van der Waals surface area contributed by atoms with Gasteiger partial charge >= 0.3 is 23.9 Å². The van der Waals surface area contributed by atoms with Crippen LogP contribution in [0.1, 0.15) is 29.5 Å². The van der Waals surface area contributed by atoms with Gasteiger partial charge in [0, 0.05) is 72.9 Å². The number of nitrogens with zero attached hydrogens (tertiary/aromatic N) is 4. The van der Waals surface area contributed by atoms with Gasteiger partial charge in [0.15, 0.2) is 62.4 Å². The Balaban J connectivity index is 0.000000159. The lowest BCUT2D eigenvalue weighted by atomic mass is 10.1. The highest BCUT2D eigenvalue weighted by atomic mass is 32.2. The maximum absolute atomic E-state index is 12.0. The smallest absolute Gasteiger partial charge is 0.319 e. The number of fused-ring (bicyclic) bond motifs is 4. The van der Waals surface area contributed by atoms with Crippen molar-refractivity contribution < 1.29 is 73.3 Å². The Hall–Kier alpha value is -9.36. The van der Waals surface area contributed by atoms with Gasteiger partial charge in [0.05, 0.1) is 19.6 Å². The van der Waals surface area contributed by atoms with Crippen LogP contribution in [0.15, 0.2) is 218 Å². The van der Waals surface area contributed by atoms with Crippen molar-refractivity contribution in [2.45, 2.75) is 39.3 Å². The first-order valence-electron chi connectivity index (χ1n) is 27.5. The lowest BCUT2D eigenvalue weighted by molar-refractivity contribution is -0.135. The molecule has 89 heavy (non-hydrogen) atoms. The first-order valence-corrected chi connectivity index (χ1v) is 34.1. The molecule has 0 bridgehead atoms. The van der Waals surface area contributed by atoms with Gasteiger partial charge in [0.25, 0.3) is 0 Å². The second-order valence-electron chi connectivity index (χ2n) is 20.5. The fourth-order valence-corrected chi connectivity index (χ4v) is 15.0. The predicted octanol–water partition coefficient (Wildman–Crippen LogP) is 8.95. The van der Waals surface area contributed by atoms with Gasteiger partial charge in [-0.3, -0.25) is 29.2 Å². The number of benzene rings is 9. The summed E-state index contributed by atoms with van der Waals surface area (Å²) in [5.41, 5.74) is 3.37. The number of hydrogen-bond acceptors (Lipinski definition) is 16. The highest BCUT2D eigenvalue weighted by Crippen LogP contribution is 2.28. The molecule has 2 heterocycles. The van der Waals surface area contributed by atoms with E-state index in [1.165, 1.54) is 35.4 Å². The van der Waals surface area contributed by atoms with E-state index in [-0.39, 0.29) is 19.6 Å². The monoisotopic (exact) mass is 1280 g/mol. The molecule has 0 amide bonds. The van der Waals surface area contributed by atoms with Gasteiger partial charge < -0.3 is 30.2 Å². The molecule has 0 aromatic heterocycles.